The van der Waals surface area contributed by atoms with Crippen LogP contribution in [0.2, 0.25) is 0 Å². The van der Waals surface area contributed by atoms with Crippen LogP contribution < -0.4 is 0 Å². The van der Waals surface area contributed by atoms with Gasteiger partial charge in [0.2, 0.25) is 0 Å². The summed E-state index contributed by atoms with van der Waals surface area (Å²) in [5.41, 5.74) is 11.3. The van der Waals surface area contributed by atoms with E-state index in [1.54, 1.807) is 0 Å². The van der Waals surface area contributed by atoms with E-state index in [1.807, 2.05) is 0 Å². The molecule has 0 fully saturated rings. The molecule has 0 aliphatic carbocycles. The Kier molecular flexibility index (Phi) is 3.96. The van der Waals surface area contributed by atoms with Gasteiger partial charge in [0.1, 0.15) is 0 Å². The van der Waals surface area contributed by atoms with Crippen molar-refractivity contribution >= 4 is 11.1 Å². The predicted molar refractivity (Wildman–Crippen MR) is 107 cm³/mol. The summed E-state index contributed by atoms with van der Waals surface area (Å²) in [7, 11) is 0. The van der Waals surface area contributed by atoms with Gasteiger partial charge in [0.05, 0.1) is 0 Å². The zero-order chi connectivity index (χ0) is 18.3. The van der Waals surface area contributed by atoms with Crippen molar-refractivity contribution in [1.29, 1.82) is 0 Å². The van der Waals surface area contributed by atoms with E-state index in [9.17, 15) is 0 Å². The largest absolute Gasteiger partial charge is 0.359 e. The molecule has 4 heteroatoms. The molecule has 4 N–H and O–H groups in total. The number of hydrogen-bond acceptors (Lipinski definition) is 0. The van der Waals surface area contributed by atoms with E-state index < -0.39 is 0 Å². The lowest BCUT2D eigenvalue weighted by atomic mass is 9.97. The van der Waals surface area contributed by atoms with Crippen molar-refractivity contribution in [2.45, 2.75) is 27.7 Å². The first-order valence-electron chi connectivity index (χ1n) is 8.89. The van der Waals surface area contributed by atoms with Gasteiger partial charge in [0, 0.05) is 56.7 Å². The van der Waals surface area contributed by atoms with Gasteiger partial charge in [0.25, 0.3) is 0 Å². The number of aromatic nitrogens is 4. The zero-order valence-electron chi connectivity index (χ0n) is 15.6. The number of H-pyrrole nitrogens is 4. The molecular formula is C22H24N4. The van der Waals surface area contributed by atoms with Crippen molar-refractivity contribution in [1.82, 2.24) is 19.9 Å². The average Bonchev–Trinajstić information content (AvgIpc) is 3.36. The lowest BCUT2D eigenvalue weighted by Crippen LogP contribution is -1.99. The normalized spacial score (nSPS) is 11.1. The molecule has 4 aromatic rings. The highest BCUT2D eigenvalue weighted by Crippen LogP contribution is 2.35. The summed E-state index contributed by atoms with van der Waals surface area (Å²) in [5.74, 6) is 0. The summed E-state index contributed by atoms with van der Waals surface area (Å²) >= 11 is 0. The second kappa shape index (κ2) is 6.30. The fourth-order valence-electron chi connectivity index (χ4n) is 3.43. The topological polar surface area (TPSA) is 63.2 Å². The highest BCUT2D eigenvalue weighted by atomic mass is 14.8. The summed E-state index contributed by atoms with van der Waals surface area (Å²) in [5, 5.41) is 0. The Morgan fingerprint density at radius 1 is 0.423 bits per heavy atom. The van der Waals surface area contributed by atoms with Crippen molar-refractivity contribution in [3.63, 3.8) is 0 Å². The number of aryl methyl sites for hydroxylation is 4. The van der Waals surface area contributed by atoms with Crippen molar-refractivity contribution in [3.8, 4) is 0 Å². The van der Waals surface area contributed by atoms with Crippen LogP contribution in [0.15, 0.2) is 48.5 Å². The maximum absolute atomic E-state index is 3.51. The third-order valence-corrected chi connectivity index (χ3v) is 4.65. The lowest BCUT2D eigenvalue weighted by molar-refractivity contribution is 1.18. The van der Waals surface area contributed by atoms with Gasteiger partial charge in [-0.3, -0.25) is 0 Å². The van der Waals surface area contributed by atoms with Gasteiger partial charge in [-0.2, -0.15) is 0 Å². The average molecular weight is 344 g/mol. The van der Waals surface area contributed by atoms with Crippen LogP contribution >= 0.6 is 0 Å². The number of nitrogens with one attached hydrogen (secondary N) is 4. The van der Waals surface area contributed by atoms with Gasteiger partial charge in [0.15, 0.2) is 0 Å². The second-order valence-electron chi connectivity index (χ2n) is 6.97. The monoisotopic (exact) mass is 344 g/mol. The van der Waals surface area contributed by atoms with Crippen LogP contribution in [-0.2, 0) is 0 Å². The Hall–Kier alpha value is -3.14. The Balaban J connectivity index is 2.07. The fraction of sp³-hybridized carbons (Fsp3) is 0.182. The first-order valence-corrected chi connectivity index (χ1v) is 8.89. The van der Waals surface area contributed by atoms with Gasteiger partial charge in [-0.25, -0.2) is 0 Å². The van der Waals surface area contributed by atoms with Gasteiger partial charge < -0.3 is 19.9 Å². The van der Waals surface area contributed by atoms with Crippen molar-refractivity contribution in [2.75, 3.05) is 0 Å². The maximum atomic E-state index is 3.51. The molecule has 0 amide bonds. The SMILES string of the molecule is Cc1ccc(C(=C(c2ccc(C)[nH]2)c2ccc(C)[nH]2)c2ccc(C)[nH]2)[nH]1. The molecule has 4 nitrogen and oxygen atoms in total. The molecule has 4 heterocycles. The molecule has 26 heavy (non-hydrogen) atoms. The Bertz CT molecular complexity index is 910. The molecule has 4 aromatic heterocycles. The molecule has 0 unspecified atom stereocenters. The van der Waals surface area contributed by atoms with Gasteiger partial charge >= 0.3 is 0 Å². The van der Waals surface area contributed by atoms with Crippen LogP contribution in [0, 0.1) is 27.7 Å². The molecule has 0 bridgehead atoms. The third kappa shape index (κ3) is 2.94. The van der Waals surface area contributed by atoms with Crippen LogP contribution in [0.5, 0.6) is 0 Å². The quantitative estimate of drug-likeness (QED) is 0.391. The molecule has 4 rings (SSSR count). The van der Waals surface area contributed by atoms with Crippen molar-refractivity contribution in [2.24, 2.45) is 0 Å². The summed E-state index contributed by atoms with van der Waals surface area (Å²) in [4.78, 5) is 14.0. The van der Waals surface area contributed by atoms with Gasteiger partial charge in [-0.05, 0) is 76.2 Å². The van der Waals surface area contributed by atoms with Crippen molar-refractivity contribution in [3.05, 3.63) is 94.1 Å². The minimum absolute atomic E-state index is 1.10. The first kappa shape index (κ1) is 16.3. The van der Waals surface area contributed by atoms with Crippen LogP contribution in [0.4, 0.5) is 0 Å². The summed E-state index contributed by atoms with van der Waals surface area (Å²) in [6.45, 7) is 8.33. The number of hydrogen-bond donors (Lipinski definition) is 4. The second-order valence-corrected chi connectivity index (χ2v) is 6.97. The molecule has 0 aliphatic rings. The van der Waals surface area contributed by atoms with E-state index in [0.29, 0.717) is 0 Å². The van der Waals surface area contributed by atoms with Crippen LogP contribution in [0.25, 0.3) is 11.1 Å². The van der Waals surface area contributed by atoms with Crippen LogP contribution in [0.3, 0.4) is 0 Å². The van der Waals surface area contributed by atoms with Crippen molar-refractivity contribution < 1.29 is 0 Å². The number of rotatable bonds is 4. The van der Waals surface area contributed by atoms with E-state index in [2.05, 4.69) is 96.2 Å². The van der Waals surface area contributed by atoms with Crippen LogP contribution in [-0.4, -0.2) is 19.9 Å². The molecule has 0 saturated carbocycles. The molecule has 0 atom stereocenters. The van der Waals surface area contributed by atoms with E-state index in [1.165, 1.54) is 0 Å². The molecule has 0 spiro atoms. The van der Waals surface area contributed by atoms with Crippen LogP contribution in [0.1, 0.15) is 45.6 Å². The van der Waals surface area contributed by atoms with E-state index in [4.69, 9.17) is 0 Å². The minimum atomic E-state index is 1.10. The predicted octanol–water partition coefficient (Wildman–Crippen LogP) is 5.24. The highest BCUT2D eigenvalue weighted by molar-refractivity contribution is 6.02. The van der Waals surface area contributed by atoms with E-state index in [0.717, 1.165) is 56.7 Å². The summed E-state index contributed by atoms with van der Waals surface area (Å²) in [6.07, 6.45) is 0. The Labute approximate surface area is 153 Å². The molecule has 0 saturated heterocycles. The van der Waals surface area contributed by atoms with Gasteiger partial charge in [-0.1, -0.05) is 0 Å². The highest BCUT2D eigenvalue weighted by Gasteiger charge is 2.20. The smallest absolute Gasteiger partial charge is 0.0484 e. The molecule has 132 valence electrons. The molecule has 0 radical (unpaired) electrons. The lowest BCUT2D eigenvalue weighted by Gasteiger charge is -2.13. The minimum Gasteiger partial charge on any atom is -0.359 e. The maximum Gasteiger partial charge on any atom is 0.0484 e. The fourth-order valence-corrected chi connectivity index (χ4v) is 3.43. The first-order chi connectivity index (χ1) is 12.5. The van der Waals surface area contributed by atoms with E-state index in [-0.39, 0.29) is 0 Å². The molecular weight excluding hydrogens is 320 g/mol. The third-order valence-electron chi connectivity index (χ3n) is 4.65. The number of aromatic amines is 4. The summed E-state index contributed by atoms with van der Waals surface area (Å²) < 4.78 is 0. The molecule has 0 aromatic carbocycles. The standard InChI is InChI=1S/C22H24N4/c1-13-5-9-17(23-13)21(18-10-6-14(2)24-18)22(19-11-7-15(3)25-19)20-12-8-16(4)26-20/h5-12,23-26H,1-4H3. The Morgan fingerprint density at radius 3 is 0.808 bits per heavy atom. The Morgan fingerprint density at radius 2 is 0.654 bits per heavy atom. The van der Waals surface area contributed by atoms with Gasteiger partial charge in [-0.15, -0.1) is 0 Å². The summed E-state index contributed by atoms with van der Waals surface area (Å²) in [6, 6.07) is 17.0. The zero-order valence-corrected chi connectivity index (χ0v) is 15.6. The molecule has 0 aliphatic heterocycles. The van der Waals surface area contributed by atoms with E-state index >= 15 is 0 Å².